The molecule has 0 bridgehead atoms. The molecule has 1 heterocycles. The fourth-order valence-corrected chi connectivity index (χ4v) is 1.82. The number of rotatable bonds is 2. The molecule has 106 valence electrons. The number of aromatic nitrogens is 2. The molecule has 1 aromatic heterocycles. The molecule has 1 N–H and O–H groups in total. The minimum atomic E-state index is -4.90. The molecule has 0 saturated heterocycles. The molecule has 0 fully saturated rings. The zero-order valence-electron chi connectivity index (χ0n) is 10.1. The Hall–Kier alpha value is -2.38. The van der Waals surface area contributed by atoms with E-state index in [-0.39, 0.29) is 11.3 Å². The van der Waals surface area contributed by atoms with Gasteiger partial charge < -0.3 is 5.11 Å². The number of aromatic carboxylic acids is 1. The van der Waals surface area contributed by atoms with Gasteiger partial charge in [0.25, 0.3) is 0 Å². The van der Waals surface area contributed by atoms with Gasteiger partial charge in [-0.2, -0.15) is 18.3 Å². The molecule has 0 saturated carbocycles. The van der Waals surface area contributed by atoms with Crippen LogP contribution in [-0.2, 0) is 6.18 Å². The molecule has 0 atom stereocenters. The van der Waals surface area contributed by atoms with E-state index in [2.05, 4.69) is 5.10 Å². The fourth-order valence-electron chi connectivity index (χ4n) is 1.82. The normalized spacial score (nSPS) is 11.7. The van der Waals surface area contributed by atoms with Gasteiger partial charge in [0, 0.05) is 0 Å². The smallest absolute Gasteiger partial charge is 0.434 e. The SMILES string of the molecule is Cc1cc(F)ccc1-n1ncc(C(=O)O)c1C(F)(F)F. The first-order chi connectivity index (χ1) is 9.21. The van der Waals surface area contributed by atoms with Crippen molar-refractivity contribution in [2.75, 3.05) is 0 Å². The van der Waals surface area contributed by atoms with E-state index in [1.807, 2.05) is 0 Å². The van der Waals surface area contributed by atoms with E-state index in [1.165, 1.54) is 6.92 Å². The van der Waals surface area contributed by atoms with Gasteiger partial charge in [-0.3, -0.25) is 0 Å². The number of hydrogen-bond donors (Lipinski definition) is 1. The maximum absolute atomic E-state index is 13.0. The van der Waals surface area contributed by atoms with Crippen molar-refractivity contribution in [2.45, 2.75) is 13.1 Å². The van der Waals surface area contributed by atoms with E-state index in [0.717, 1.165) is 18.2 Å². The van der Waals surface area contributed by atoms with Crippen molar-refractivity contribution in [1.82, 2.24) is 9.78 Å². The van der Waals surface area contributed by atoms with Gasteiger partial charge in [0.15, 0.2) is 5.69 Å². The number of alkyl halides is 3. The van der Waals surface area contributed by atoms with Crippen LogP contribution in [0.3, 0.4) is 0 Å². The summed E-state index contributed by atoms with van der Waals surface area (Å²) in [5, 5.41) is 12.2. The largest absolute Gasteiger partial charge is 0.478 e. The molecule has 2 rings (SSSR count). The second-order valence-corrected chi connectivity index (χ2v) is 4.05. The van der Waals surface area contributed by atoms with Crippen LogP contribution >= 0.6 is 0 Å². The number of halogens is 4. The molecule has 8 heteroatoms. The molecule has 0 aliphatic carbocycles. The standard InChI is InChI=1S/C12H8F4N2O2/c1-6-4-7(13)2-3-9(6)18-10(12(14,15)16)8(5-17-18)11(19)20/h2-5H,1H3,(H,19,20). The Morgan fingerprint density at radius 2 is 2.00 bits per heavy atom. The van der Waals surface area contributed by atoms with Crippen LogP contribution in [0.15, 0.2) is 24.4 Å². The van der Waals surface area contributed by atoms with Crippen LogP contribution in [0.25, 0.3) is 5.69 Å². The number of nitrogens with zero attached hydrogens (tertiary/aromatic N) is 2. The molecule has 1 aromatic carbocycles. The van der Waals surface area contributed by atoms with Crippen LogP contribution in [0.5, 0.6) is 0 Å². The van der Waals surface area contributed by atoms with Gasteiger partial charge in [-0.15, -0.1) is 0 Å². The molecule has 20 heavy (non-hydrogen) atoms. The first kappa shape index (κ1) is 14.0. The van der Waals surface area contributed by atoms with Crippen LogP contribution in [0, 0.1) is 12.7 Å². The van der Waals surface area contributed by atoms with E-state index in [4.69, 9.17) is 5.11 Å². The quantitative estimate of drug-likeness (QED) is 0.864. The van der Waals surface area contributed by atoms with Gasteiger partial charge in [0.05, 0.1) is 11.9 Å². The summed E-state index contributed by atoms with van der Waals surface area (Å²) in [6.45, 7) is 1.40. The van der Waals surface area contributed by atoms with Crippen molar-refractivity contribution < 1.29 is 27.5 Å². The highest BCUT2D eigenvalue weighted by atomic mass is 19.4. The Morgan fingerprint density at radius 1 is 1.35 bits per heavy atom. The van der Waals surface area contributed by atoms with Crippen molar-refractivity contribution in [3.63, 3.8) is 0 Å². The predicted molar refractivity (Wildman–Crippen MR) is 60.2 cm³/mol. The third kappa shape index (κ3) is 2.36. The zero-order chi connectivity index (χ0) is 15.1. The minimum Gasteiger partial charge on any atom is -0.478 e. The van der Waals surface area contributed by atoms with Crippen LogP contribution in [0.1, 0.15) is 21.6 Å². The summed E-state index contributed by atoms with van der Waals surface area (Å²) < 4.78 is 52.4. The first-order valence-electron chi connectivity index (χ1n) is 5.37. The first-order valence-corrected chi connectivity index (χ1v) is 5.37. The third-order valence-corrected chi connectivity index (χ3v) is 2.66. The maximum Gasteiger partial charge on any atom is 0.434 e. The second-order valence-electron chi connectivity index (χ2n) is 4.05. The lowest BCUT2D eigenvalue weighted by Gasteiger charge is -2.13. The molecule has 0 radical (unpaired) electrons. The Labute approximate surface area is 110 Å². The molecule has 0 aliphatic rings. The number of carboxylic acids is 1. The molecule has 0 unspecified atom stereocenters. The maximum atomic E-state index is 13.0. The molecular weight excluding hydrogens is 280 g/mol. The molecule has 0 spiro atoms. The van der Waals surface area contributed by atoms with Crippen molar-refractivity contribution in [1.29, 1.82) is 0 Å². The summed E-state index contributed by atoms with van der Waals surface area (Å²) in [5.74, 6) is -2.34. The average Bonchev–Trinajstić information content (AvgIpc) is 2.73. The van der Waals surface area contributed by atoms with E-state index in [0.29, 0.717) is 10.9 Å². The van der Waals surface area contributed by atoms with E-state index in [1.54, 1.807) is 0 Å². The summed E-state index contributed by atoms with van der Waals surface area (Å²) in [5.41, 5.74) is -2.19. The topological polar surface area (TPSA) is 55.1 Å². The number of hydrogen-bond acceptors (Lipinski definition) is 2. The Bertz CT molecular complexity index is 677. The summed E-state index contributed by atoms with van der Waals surface area (Å²) in [7, 11) is 0. The van der Waals surface area contributed by atoms with Crippen LogP contribution in [-0.4, -0.2) is 20.9 Å². The van der Waals surface area contributed by atoms with Gasteiger partial charge in [-0.05, 0) is 30.7 Å². The Balaban J connectivity index is 2.72. The van der Waals surface area contributed by atoms with Crippen molar-refractivity contribution in [3.05, 3.63) is 47.0 Å². The van der Waals surface area contributed by atoms with E-state index < -0.39 is 29.2 Å². The van der Waals surface area contributed by atoms with Gasteiger partial charge in [0.1, 0.15) is 11.4 Å². The molecule has 0 aliphatic heterocycles. The van der Waals surface area contributed by atoms with E-state index >= 15 is 0 Å². The minimum absolute atomic E-state index is 0.0359. The molecule has 0 amide bonds. The monoisotopic (exact) mass is 288 g/mol. The number of benzene rings is 1. The lowest BCUT2D eigenvalue weighted by molar-refractivity contribution is -0.143. The van der Waals surface area contributed by atoms with Crippen LogP contribution in [0.4, 0.5) is 17.6 Å². The lowest BCUT2D eigenvalue weighted by atomic mass is 10.2. The van der Waals surface area contributed by atoms with Gasteiger partial charge in [-0.25, -0.2) is 13.9 Å². The second kappa shape index (κ2) is 4.62. The number of carbonyl (C=O) groups is 1. The van der Waals surface area contributed by atoms with Gasteiger partial charge in [-0.1, -0.05) is 0 Å². The molecular formula is C12H8F4N2O2. The van der Waals surface area contributed by atoms with Crippen molar-refractivity contribution >= 4 is 5.97 Å². The van der Waals surface area contributed by atoms with Crippen LogP contribution < -0.4 is 0 Å². The highest BCUT2D eigenvalue weighted by Gasteiger charge is 2.40. The summed E-state index contributed by atoms with van der Waals surface area (Å²) in [6.07, 6.45) is -4.28. The summed E-state index contributed by atoms with van der Waals surface area (Å²) >= 11 is 0. The Kier molecular flexibility index (Phi) is 3.24. The average molecular weight is 288 g/mol. The lowest BCUT2D eigenvalue weighted by Crippen LogP contribution is -2.17. The molecule has 4 nitrogen and oxygen atoms in total. The zero-order valence-corrected chi connectivity index (χ0v) is 10.1. The highest BCUT2D eigenvalue weighted by Crippen LogP contribution is 2.34. The van der Waals surface area contributed by atoms with E-state index in [9.17, 15) is 22.4 Å². The highest BCUT2D eigenvalue weighted by molar-refractivity contribution is 5.89. The Morgan fingerprint density at radius 3 is 2.50 bits per heavy atom. The molecule has 2 aromatic rings. The summed E-state index contributed by atoms with van der Waals surface area (Å²) in [4.78, 5) is 10.8. The van der Waals surface area contributed by atoms with Gasteiger partial charge in [0.2, 0.25) is 0 Å². The van der Waals surface area contributed by atoms with Gasteiger partial charge >= 0.3 is 12.1 Å². The van der Waals surface area contributed by atoms with Crippen molar-refractivity contribution in [2.24, 2.45) is 0 Å². The van der Waals surface area contributed by atoms with Crippen LogP contribution in [0.2, 0.25) is 0 Å². The van der Waals surface area contributed by atoms with Crippen molar-refractivity contribution in [3.8, 4) is 5.69 Å². The number of aryl methyl sites for hydroxylation is 1. The summed E-state index contributed by atoms with van der Waals surface area (Å²) in [6, 6.07) is 3.13. The number of carboxylic acid groups (broad SMARTS) is 1. The third-order valence-electron chi connectivity index (χ3n) is 2.66. The fraction of sp³-hybridized carbons (Fsp3) is 0.167. The predicted octanol–water partition coefficient (Wildman–Crippen LogP) is 3.04.